The zero-order chi connectivity index (χ0) is 27.2. The molecule has 5 atom stereocenters. The number of carbonyl (C=O) groups excluding carboxylic acids is 2. The van der Waals surface area contributed by atoms with Crippen molar-refractivity contribution < 1.29 is 19.4 Å². The molecule has 1 heterocycles. The summed E-state index contributed by atoms with van der Waals surface area (Å²) in [5, 5.41) is 16.4. The molecule has 0 aromatic heterocycles. The van der Waals surface area contributed by atoms with E-state index in [-0.39, 0.29) is 29.8 Å². The van der Waals surface area contributed by atoms with E-state index >= 15 is 0 Å². The molecule has 3 N–H and O–H groups in total. The summed E-state index contributed by atoms with van der Waals surface area (Å²) in [4.78, 5) is 24.9. The van der Waals surface area contributed by atoms with Gasteiger partial charge in [-0.05, 0) is 87.9 Å². The van der Waals surface area contributed by atoms with Crippen LogP contribution in [-0.4, -0.2) is 48.6 Å². The van der Waals surface area contributed by atoms with Gasteiger partial charge in [-0.15, -0.1) is 0 Å². The first kappa shape index (κ1) is 31.3. The Balaban J connectivity index is 1.84. The molecule has 1 aliphatic rings. The maximum atomic E-state index is 12.8. The number of unbranched alkanes of at least 4 members (excludes halogenated alkanes) is 1. The van der Waals surface area contributed by atoms with Crippen LogP contribution in [0.25, 0.3) is 0 Å². The minimum absolute atomic E-state index is 0.0329. The number of rotatable bonds is 17. The summed E-state index contributed by atoms with van der Waals surface area (Å²) >= 11 is 0. The lowest BCUT2D eigenvalue weighted by Crippen LogP contribution is -2.48. The highest BCUT2D eigenvalue weighted by Crippen LogP contribution is 2.28. The monoisotopic (exact) mass is 516 g/mol. The Bertz CT molecular complexity index is 827. The third-order valence-electron chi connectivity index (χ3n) is 7.89. The van der Waals surface area contributed by atoms with Crippen LogP contribution in [0.1, 0.15) is 108 Å². The number of ether oxygens (including phenoxy) is 1. The van der Waals surface area contributed by atoms with Crippen LogP contribution in [0.3, 0.4) is 0 Å². The fraction of sp³-hybridized carbons (Fsp3) is 0.742. The van der Waals surface area contributed by atoms with Crippen molar-refractivity contribution >= 4 is 11.7 Å². The molecule has 0 aliphatic carbocycles. The molecule has 1 aliphatic heterocycles. The Morgan fingerprint density at radius 2 is 1.97 bits per heavy atom. The highest BCUT2D eigenvalue weighted by molar-refractivity contribution is 5.96. The van der Waals surface area contributed by atoms with Gasteiger partial charge in [0.15, 0.2) is 5.78 Å². The molecule has 1 aromatic carbocycles. The Kier molecular flexibility index (Phi) is 14.2. The zero-order valence-corrected chi connectivity index (χ0v) is 24.0. The molecule has 2 rings (SSSR count). The molecule has 0 saturated carbocycles. The molecule has 210 valence electrons. The number of benzene rings is 1. The van der Waals surface area contributed by atoms with E-state index in [4.69, 9.17) is 4.74 Å². The molecule has 2 unspecified atom stereocenters. The fourth-order valence-corrected chi connectivity index (χ4v) is 5.30. The van der Waals surface area contributed by atoms with E-state index in [0.29, 0.717) is 37.0 Å². The van der Waals surface area contributed by atoms with Crippen LogP contribution >= 0.6 is 0 Å². The van der Waals surface area contributed by atoms with E-state index in [2.05, 4.69) is 50.5 Å². The number of ketones is 1. The Hall–Kier alpha value is -1.92. The summed E-state index contributed by atoms with van der Waals surface area (Å²) < 4.78 is 5.96. The van der Waals surface area contributed by atoms with E-state index in [0.717, 1.165) is 70.1 Å². The second kappa shape index (κ2) is 16.8. The quantitative estimate of drug-likeness (QED) is 0.183. The molecular formula is C31H52N2O4. The molecule has 0 radical (unpaired) electrons. The minimum Gasteiger partial charge on any atom is -0.493 e. The van der Waals surface area contributed by atoms with Gasteiger partial charge in [-0.25, -0.2) is 0 Å². The first-order valence-corrected chi connectivity index (χ1v) is 14.7. The van der Waals surface area contributed by atoms with Gasteiger partial charge in [-0.3, -0.25) is 9.59 Å². The Labute approximate surface area is 225 Å². The molecule has 6 nitrogen and oxygen atoms in total. The number of piperidine rings is 1. The second-order valence-electron chi connectivity index (χ2n) is 11.2. The van der Waals surface area contributed by atoms with Crippen molar-refractivity contribution in [2.24, 2.45) is 17.8 Å². The van der Waals surface area contributed by atoms with E-state index in [9.17, 15) is 14.7 Å². The molecule has 0 spiro atoms. The van der Waals surface area contributed by atoms with Gasteiger partial charge in [0.2, 0.25) is 5.91 Å². The van der Waals surface area contributed by atoms with Crippen LogP contribution in [0.15, 0.2) is 18.2 Å². The van der Waals surface area contributed by atoms with Crippen LogP contribution in [0.4, 0.5) is 0 Å². The molecular weight excluding hydrogens is 464 g/mol. The maximum Gasteiger partial charge on any atom is 0.223 e. The third-order valence-corrected chi connectivity index (χ3v) is 7.89. The average Bonchev–Trinajstić information content (AvgIpc) is 2.88. The lowest BCUT2D eigenvalue weighted by Gasteiger charge is -2.28. The van der Waals surface area contributed by atoms with Gasteiger partial charge in [-0.2, -0.15) is 0 Å². The predicted molar refractivity (Wildman–Crippen MR) is 151 cm³/mol. The zero-order valence-electron chi connectivity index (χ0n) is 24.0. The molecule has 1 aromatic rings. The number of hydrogen-bond donors (Lipinski definition) is 3. The number of Topliss-reactive ketones (excluding diaryl/α,β-unsaturated/α-hetero) is 1. The second-order valence-corrected chi connectivity index (χ2v) is 11.2. The van der Waals surface area contributed by atoms with Gasteiger partial charge in [0, 0.05) is 18.5 Å². The third kappa shape index (κ3) is 11.2. The SMILES string of the molecule is CCCCOc1cc(C[C@H](CC)CC[C@@H](C)C[C@@H](CC)C(=O)NCC2CC(O)CCN2)ccc1C(C)=O. The Morgan fingerprint density at radius 3 is 2.62 bits per heavy atom. The van der Waals surface area contributed by atoms with Crippen molar-refractivity contribution in [1.82, 2.24) is 10.6 Å². The van der Waals surface area contributed by atoms with Crippen LogP contribution < -0.4 is 15.4 Å². The molecule has 1 fully saturated rings. The predicted octanol–water partition coefficient (Wildman–Crippen LogP) is 5.70. The summed E-state index contributed by atoms with van der Waals surface area (Å²) in [6.07, 6.45) is 9.33. The lowest BCUT2D eigenvalue weighted by molar-refractivity contribution is -0.125. The first-order chi connectivity index (χ1) is 17.8. The smallest absolute Gasteiger partial charge is 0.223 e. The average molecular weight is 517 g/mol. The first-order valence-electron chi connectivity index (χ1n) is 14.7. The van der Waals surface area contributed by atoms with Crippen LogP contribution in [0, 0.1) is 17.8 Å². The summed E-state index contributed by atoms with van der Waals surface area (Å²) in [6.45, 7) is 12.4. The van der Waals surface area contributed by atoms with E-state index in [1.165, 1.54) is 5.56 Å². The van der Waals surface area contributed by atoms with E-state index in [1.807, 2.05) is 6.07 Å². The Morgan fingerprint density at radius 1 is 1.19 bits per heavy atom. The number of carbonyl (C=O) groups is 2. The molecule has 0 bridgehead atoms. The van der Waals surface area contributed by atoms with Crippen molar-refractivity contribution in [1.29, 1.82) is 0 Å². The van der Waals surface area contributed by atoms with Gasteiger partial charge in [-0.1, -0.05) is 53.0 Å². The normalized spacial score (nSPS) is 20.2. The van der Waals surface area contributed by atoms with Crippen molar-refractivity contribution in [3.63, 3.8) is 0 Å². The van der Waals surface area contributed by atoms with Crippen LogP contribution in [-0.2, 0) is 11.2 Å². The van der Waals surface area contributed by atoms with Crippen molar-refractivity contribution in [3.8, 4) is 5.75 Å². The number of nitrogens with one attached hydrogen (secondary N) is 2. The minimum atomic E-state index is -0.260. The van der Waals surface area contributed by atoms with Gasteiger partial charge >= 0.3 is 0 Å². The number of hydrogen-bond acceptors (Lipinski definition) is 5. The largest absolute Gasteiger partial charge is 0.493 e. The number of aliphatic hydroxyl groups is 1. The van der Waals surface area contributed by atoms with E-state index in [1.54, 1.807) is 6.92 Å². The molecule has 6 heteroatoms. The topological polar surface area (TPSA) is 87.7 Å². The van der Waals surface area contributed by atoms with Crippen LogP contribution in [0.5, 0.6) is 5.75 Å². The van der Waals surface area contributed by atoms with E-state index < -0.39 is 0 Å². The summed E-state index contributed by atoms with van der Waals surface area (Å²) in [5.41, 5.74) is 1.89. The van der Waals surface area contributed by atoms with Gasteiger partial charge < -0.3 is 20.5 Å². The van der Waals surface area contributed by atoms with Crippen LogP contribution in [0.2, 0.25) is 0 Å². The molecule has 1 saturated heterocycles. The standard InChI is InChI=1S/C31H52N2O4/c1-6-9-16-37-30-19-25(12-13-29(30)23(5)34)18-24(7-2)11-10-22(4)17-26(8-3)31(36)33-21-27-20-28(35)14-15-32-27/h12-13,19,22,24,26-28,32,35H,6-11,14-18,20-21H2,1-5H3,(H,33,36)/t22-,24-,26-,27?,28?/m1/s1. The van der Waals surface area contributed by atoms with Gasteiger partial charge in [0.05, 0.1) is 18.3 Å². The fourth-order valence-electron chi connectivity index (χ4n) is 5.30. The summed E-state index contributed by atoms with van der Waals surface area (Å²) in [5.74, 6) is 1.98. The van der Waals surface area contributed by atoms with Crippen molar-refractivity contribution in [2.75, 3.05) is 19.7 Å². The highest BCUT2D eigenvalue weighted by atomic mass is 16.5. The lowest BCUT2D eigenvalue weighted by atomic mass is 9.85. The highest BCUT2D eigenvalue weighted by Gasteiger charge is 2.23. The summed E-state index contributed by atoms with van der Waals surface area (Å²) in [6, 6.07) is 6.22. The van der Waals surface area contributed by atoms with Crippen molar-refractivity contribution in [3.05, 3.63) is 29.3 Å². The number of amides is 1. The van der Waals surface area contributed by atoms with Gasteiger partial charge in [0.1, 0.15) is 5.75 Å². The maximum absolute atomic E-state index is 12.8. The summed E-state index contributed by atoms with van der Waals surface area (Å²) in [7, 11) is 0. The number of aliphatic hydroxyl groups excluding tert-OH is 1. The molecule has 37 heavy (non-hydrogen) atoms. The molecule has 1 amide bonds. The van der Waals surface area contributed by atoms with Gasteiger partial charge in [0.25, 0.3) is 0 Å². The van der Waals surface area contributed by atoms with Crippen molar-refractivity contribution in [2.45, 2.75) is 111 Å².